The highest BCUT2D eigenvalue weighted by molar-refractivity contribution is 5.98. The van der Waals surface area contributed by atoms with Crippen molar-refractivity contribution in [1.82, 2.24) is 24.6 Å². The Morgan fingerprint density at radius 1 is 1.08 bits per heavy atom. The highest BCUT2D eigenvalue weighted by Gasteiger charge is 2.27. The van der Waals surface area contributed by atoms with E-state index < -0.39 is 5.97 Å². The molecule has 2 saturated heterocycles. The lowest BCUT2D eigenvalue weighted by Crippen LogP contribution is -2.45. The maximum atomic E-state index is 13.6. The summed E-state index contributed by atoms with van der Waals surface area (Å²) in [5.41, 5.74) is 2.91. The number of nitrogens with zero attached hydrogens (tertiary/aromatic N) is 6. The zero-order valence-electron chi connectivity index (χ0n) is 22.0. The van der Waals surface area contributed by atoms with Crippen LogP contribution in [-0.2, 0) is 0 Å². The number of rotatable bonds is 7. The Hall–Kier alpha value is -3.04. The molecule has 0 atom stereocenters. The Bertz CT molecular complexity index is 1240. The third-order valence-electron chi connectivity index (χ3n) is 7.89. The van der Waals surface area contributed by atoms with Gasteiger partial charge in [-0.05, 0) is 75.0 Å². The number of aromatic carboxylic acids is 1. The van der Waals surface area contributed by atoms with Crippen LogP contribution in [-0.4, -0.2) is 88.5 Å². The summed E-state index contributed by atoms with van der Waals surface area (Å²) in [4.78, 5) is 23.8. The second-order valence-electron chi connectivity index (χ2n) is 10.8. The lowest BCUT2D eigenvalue weighted by Gasteiger charge is -2.36. The number of carbonyl (C=O) groups is 1. The maximum absolute atomic E-state index is 13.6. The van der Waals surface area contributed by atoms with Gasteiger partial charge in [0.25, 0.3) is 0 Å². The number of carboxylic acids is 1. The molecule has 0 bridgehead atoms. The molecule has 37 heavy (non-hydrogen) atoms. The maximum Gasteiger partial charge on any atom is 0.354 e. The van der Waals surface area contributed by atoms with Crippen molar-refractivity contribution in [2.45, 2.75) is 39.0 Å². The minimum absolute atomic E-state index is 0.00161. The van der Waals surface area contributed by atoms with Gasteiger partial charge in [-0.3, -0.25) is 0 Å². The van der Waals surface area contributed by atoms with Crippen LogP contribution in [0.15, 0.2) is 30.3 Å². The molecule has 0 radical (unpaired) electrons. The van der Waals surface area contributed by atoms with Gasteiger partial charge in [-0.25, -0.2) is 18.9 Å². The number of aromatic nitrogens is 3. The van der Waals surface area contributed by atoms with Crippen molar-refractivity contribution >= 4 is 22.7 Å². The molecule has 3 aromatic rings. The van der Waals surface area contributed by atoms with Gasteiger partial charge in [0, 0.05) is 39.3 Å². The van der Waals surface area contributed by atoms with Crippen LogP contribution in [0.2, 0.25) is 0 Å². The summed E-state index contributed by atoms with van der Waals surface area (Å²) in [7, 11) is 2.19. The number of pyridine rings is 1. The average molecular weight is 509 g/mol. The predicted molar refractivity (Wildman–Crippen MR) is 143 cm³/mol. The van der Waals surface area contributed by atoms with Crippen molar-refractivity contribution in [2.75, 3.05) is 57.8 Å². The Kier molecular flexibility index (Phi) is 7.44. The van der Waals surface area contributed by atoms with Gasteiger partial charge in [0.1, 0.15) is 5.82 Å². The Morgan fingerprint density at radius 2 is 1.76 bits per heavy atom. The number of piperazine rings is 1. The van der Waals surface area contributed by atoms with Crippen LogP contribution in [0.25, 0.3) is 16.7 Å². The van der Waals surface area contributed by atoms with E-state index in [1.807, 2.05) is 0 Å². The summed E-state index contributed by atoms with van der Waals surface area (Å²) in [6.07, 6.45) is 3.38. The van der Waals surface area contributed by atoms with E-state index in [2.05, 4.69) is 40.6 Å². The number of halogens is 1. The van der Waals surface area contributed by atoms with Gasteiger partial charge in [0.15, 0.2) is 11.3 Å². The number of fused-ring (bicyclic) bond motifs is 1. The Balaban J connectivity index is 1.42. The number of hydrogen-bond donors (Lipinski definition) is 1. The van der Waals surface area contributed by atoms with Crippen LogP contribution in [0.4, 0.5) is 10.1 Å². The summed E-state index contributed by atoms with van der Waals surface area (Å²) in [5, 5.41) is 15.6. The molecule has 198 valence electrons. The molecule has 1 N–H and O–H groups in total. The number of piperidine rings is 1. The van der Waals surface area contributed by atoms with E-state index in [0.717, 1.165) is 75.4 Å². The second-order valence-corrected chi connectivity index (χ2v) is 10.8. The molecule has 2 aromatic heterocycles. The third kappa shape index (κ3) is 5.48. The number of hydrogen-bond acceptors (Lipinski definition) is 6. The number of benzene rings is 1. The van der Waals surface area contributed by atoms with Gasteiger partial charge in [-0.15, -0.1) is 0 Å². The lowest BCUT2D eigenvalue weighted by molar-refractivity contribution is 0.0691. The smallest absolute Gasteiger partial charge is 0.354 e. The van der Waals surface area contributed by atoms with E-state index in [-0.39, 0.29) is 17.4 Å². The van der Waals surface area contributed by atoms with Crippen LogP contribution >= 0.6 is 0 Å². The predicted octanol–water partition coefficient (Wildman–Crippen LogP) is 4.24. The first-order valence-electron chi connectivity index (χ1n) is 13.4. The number of carboxylic acid groups (broad SMARTS) is 1. The van der Waals surface area contributed by atoms with Gasteiger partial charge in [0.05, 0.1) is 22.5 Å². The fourth-order valence-corrected chi connectivity index (χ4v) is 5.55. The summed E-state index contributed by atoms with van der Waals surface area (Å²) >= 11 is 0. The van der Waals surface area contributed by atoms with Crippen molar-refractivity contribution in [2.24, 2.45) is 5.92 Å². The number of anilines is 1. The largest absolute Gasteiger partial charge is 0.477 e. The molecule has 5 rings (SSSR count). The fraction of sp³-hybridized carbons (Fsp3) is 0.536. The summed E-state index contributed by atoms with van der Waals surface area (Å²) in [6, 6.07) is 7.76. The van der Waals surface area contributed by atoms with E-state index in [1.165, 1.54) is 18.6 Å². The van der Waals surface area contributed by atoms with Crippen molar-refractivity contribution < 1.29 is 14.3 Å². The molecule has 0 amide bonds. The summed E-state index contributed by atoms with van der Waals surface area (Å²) in [6.45, 7) is 11.7. The second kappa shape index (κ2) is 10.8. The third-order valence-corrected chi connectivity index (χ3v) is 7.89. The van der Waals surface area contributed by atoms with Crippen LogP contribution in [0, 0.1) is 11.7 Å². The van der Waals surface area contributed by atoms with E-state index >= 15 is 0 Å². The zero-order chi connectivity index (χ0) is 26.1. The summed E-state index contributed by atoms with van der Waals surface area (Å²) < 4.78 is 15.3. The molecule has 0 aliphatic carbocycles. The molecule has 0 unspecified atom stereocenters. The quantitative estimate of drug-likeness (QED) is 0.512. The van der Waals surface area contributed by atoms with Crippen LogP contribution < -0.4 is 4.90 Å². The highest BCUT2D eigenvalue weighted by Crippen LogP contribution is 2.37. The molecule has 9 heteroatoms. The lowest BCUT2D eigenvalue weighted by atomic mass is 9.92. The van der Waals surface area contributed by atoms with Gasteiger partial charge < -0.3 is 19.8 Å². The van der Waals surface area contributed by atoms with Crippen LogP contribution in [0.3, 0.4) is 0 Å². The topological polar surface area (TPSA) is 77.7 Å². The summed E-state index contributed by atoms with van der Waals surface area (Å²) in [5.74, 6) is -0.608. The molecule has 2 aliphatic heterocycles. The van der Waals surface area contributed by atoms with Crippen molar-refractivity contribution in [1.29, 1.82) is 0 Å². The van der Waals surface area contributed by atoms with Crippen LogP contribution in [0.5, 0.6) is 0 Å². The molecular weight excluding hydrogens is 471 g/mol. The van der Waals surface area contributed by atoms with E-state index in [4.69, 9.17) is 5.10 Å². The van der Waals surface area contributed by atoms with E-state index in [9.17, 15) is 14.3 Å². The molecule has 2 aliphatic rings. The van der Waals surface area contributed by atoms with Crippen molar-refractivity contribution in [3.8, 4) is 5.69 Å². The standard InChI is InChI=1S/C28H37FN6O2/c1-19(2)26-25-24(34-12-9-20(10-13-34)8-11-33-16-14-32(3)15-17-33)18-23(28(36)37)30-27(25)35(31-26)22-6-4-21(29)5-7-22/h4-7,18-20H,8-17H2,1-3H3,(H,36,37). The highest BCUT2D eigenvalue weighted by atomic mass is 19.1. The van der Waals surface area contributed by atoms with Gasteiger partial charge in [-0.1, -0.05) is 13.8 Å². The monoisotopic (exact) mass is 508 g/mol. The molecule has 8 nitrogen and oxygen atoms in total. The molecule has 2 fully saturated rings. The van der Waals surface area contributed by atoms with Gasteiger partial charge >= 0.3 is 5.97 Å². The Morgan fingerprint density at radius 3 is 2.38 bits per heavy atom. The molecular formula is C28H37FN6O2. The van der Waals surface area contributed by atoms with Crippen LogP contribution in [0.1, 0.15) is 55.2 Å². The number of likely N-dealkylation sites (N-methyl/N-ethyl adjacent to an activating group) is 1. The van der Waals surface area contributed by atoms with Crippen molar-refractivity contribution in [3.63, 3.8) is 0 Å². The Labute approximate surface area is 217 Å². The fourth-order valence-electron chi connectivity index (χ4n) is 5.55. The first-order chi connectivity index (χ1) is 17.8. The van der Waals surface area contributed by atoms with Gasteiger partial charge in [0.2, 0.25) is 0 Å². The van der Waals surface area contributed by atoms with Gasteiger partial charge in [-0.2, -0.15) is 5.10 Å². The molecule has 0 spiro atoms. The normalized spacial score (nSPS) is 18.2. The van der Waals surface area contributed by atoms with Crippen molar-refractivity contribution in [3.05, 3.63) is 47.5 Å². The minimum atomic E-state index is -1.07. The first-order valence-corrected chi connectivity index (χ1v) is 13.4. The minimum Gasteiger partial charge on any atom is -0.477 e. The van der Waals surface area contributed by atoms with E-state index in [0.29, 0.717) is 17.3 Å². The zero-order valence-corrected chi connectivity index (χ0v) is 22.0. The molecule has 4 heterocycles. The molecule has 0 saturated carbocycles. The molecule has 1 aromatic carbocycles. The average Bonchev–Trinajstić information content (AvgIpc) is 3.29. The first kappa shape index (κ1) is 25.6. The van der Waals surface area contributed by atoms with E-state index in [1.54, 1.807) is 22.9 Å². The SMILES string of the molecule is CC(C)c1nn(-c2ccc(F)cc2)c2nc(C(=O)O)cc(N3CCC(CCN4CCN(C)CC4)CC3)c12.